The lowest BCUT2D eigenvalue weighted by Gasteiger charge is -2.02. The Labute approximate surface area is 79.1 Å². The van der Waals surface area contributed by atoms with Crippen LogP contribution in [0.3, 0.4) is 0 Å². The van der Waals surface area contributed by atoms with E-state index in [0.29, 0.717) is 23.8 Å². The molecular weight excluding hydrogens is 162 g/mol. The highest BCUT2D eigenvalue weighted by atomic mass is 16.2. The molecule has 3 fully saturated rings. The van der Waals surface area contributed by atoms with Gasteiger partial charge in [0.05, 0.1) is 0 Å². The van der Waals surface area contributed by atoms with Crippen molar-refractivity contribution in [2.45, 2.75) is 38.6 Å². The first-order valence-corrected chi connectivity index (χ1v) is 5.56. The van der Waals surface area contributed by atoms with E-state index in [1.165, 1.54) is 19.3 Å². The number of amides is 1. The van der Waals surface area contributed by atoms with E-state index in [9.17, 15) is 4.79 Å². The normalized spacial score (nSPS) is 47.2. The number of hydrogen-bond donors (Lipinski definition) is 1. The summed E-state index contributed by atoms with van der Waals surface area (Å²) in [6.45, 7) is 2.16. The van der Waals surface area contributed by atoms with E-state index in [4.69, 9.17) is 0 Å². The van der Waals surface area contributed by atoms with Crippen LogP contribution in [0.5, 0.6) is 0 Å². The summed E-state index contributed by atoms with van der Waals surface area (Å²) < 4.78 is 0. The molecule has 0 radical (unpaired) electrons. The van der Waals surface area contributed by atoms with Crippen molar-refractivity contribution in [3.05, 3.63) is 0 Å². The van der Waals surface area contributed by atoms with Gasteiger partial charge in [0, 0.05) is 12.0 Å². The molecule has 1 N–H and O–H groups in total. The van der Waals surface area contributed by atoms with Crippen molar-refractivity contribution in [1.29, 1.82) is 0 Å². The molecule has 0 aliphatic heterocycles. The summed E-state index contributed by atoms with van der Waals surface area (Å²) in [4.78, 5) is 11.5. The summed E-state index contributed by atoms with van der Waals surface area (Å²) in [5.74, 6) is 3.18. The van der Waals surface area contributed by atoms with Crippen LogP contribution in [0.25, 0.3) is 0 Å². The lowest BCUT2D eigenvalue weighted by molar-refractivity contribution is -0.122. The van der Waals surface area contributed by atoms with Crippen molar-refractivity contribution in [3.63, 3.8) is 0 Å². The lowest BCUT2D eigenvalue weighted by atomic mass is 10.2. The molecule has 0 heterocycles. The van der Waals surface area contributed by atoms with Gasteiger partial charge in [-0.25, -0.2) is 0 Å². The Morgan fingerprint density at radius 2 is 2.00 bits per heavy atom. The molecular formula is C11H17NO. The van der Waals surface area contributed by atoms with Crippen molar-refractivity contribution in [2.24, 2.45) is 23.7 Å². The molecule has 2 heteroatoms. The van der Waals surface area contributed by atoms with Crippen LogP contribution in [-0.2, 0) is 4.79 Å². The van der Waals surface area contributed by atoms with Gasteiger partial charge in [-0.15, -0.1) is 0 Å². The Bertz CT molecular complexity index is 246. The summed E-state index contributed by atoms with van der Waals surface area (Å²) in [6.07, 6.45) is 5.21. The Hall–Kier alpha value is -0.530. The fraction of sp³-hybridized carbons (Fsp3) is 0.909. The predicted molar refractivity (Wildman–Crippen MR) is 50.0 cm³/mol. The molecule has 0 aromatic rings. The average molecular weight is 179 g/mol. The van der Waals surface area contributed by atoms with Crippen LogP contribution < -0.4 is 5.32 Å². The van der Waals surface area contributed by atoms with Crippen molar-refractivity contribution in [3.8, 4) is 0 Å². The third-order valence-corrected chi connectivity index (χ3v) is 3.84. The van der Waals surface area contributed by atoms with Gasteiger partial charge in [-0.3, -0.25) is 4.79 Å². The van der Waals surface area contributed by atoms with Crippen molar-refractivity contribution >= 4 is 5.91 Å². The number of hydrogen-bond acceptors (Lipinski definition) is 1. The van der Waals surface area contributed by atoms with Gasteiger partial charge >= 0.3 is 0 Å². The van der Waals surface area contributed by atoms with E-state index in [2.05, 4.69) is 12.2 Å². The first-order valence-electron chi connectivity index (χ1n) is 5.56. The van der Waals surface area contributed by atoms with E-state index < -0.39 is 0 Å². The van der Waals surface area contributed by atoms with E-state index in [1.807, 2.05) is 0 Å². The van der Waals surface area contributed by atoms with Gasteiger partial charge in [0.25, 0.3) is 0 Å². The molecule has 0 saturated heterocycles. The summed E-state index contributed by atoms with van der Waals surface area (Å²) in [5.41, 5.74) is 0. The zero-order valence-corrected chi connectivity index (χ0v) is 8.12. The molecule has 1 amide bonds. The molecule has 3 aliphatic carbocycles. The van der Waals surface area contributed by atoms with Gasteiger partial charge in [-0.1, -0.05) is 6.92 Å². The Morgan fingerprint density at radius 3 is 2.54 bits per heavy atom. The van der Waals surface area contributed by atoms with Crippen molar-refractivity contribution in [1.82, 2.24) is 5.32 Å². The molecule has 72 valence electrons. The van der Waals surface area contributed by atoms with E-state index in [1.54, 1.807) is 0 Å². The highest BCUT2D eigenvalue weighted by Gasteiger charge is 2.50. The van der Waals surface area contributed by atoms with E-state index in [-0.39, 0.29) is 0 Å². The van der Waals surface area contributed by atoms with Gasteiger partial charge in [0.15, 0.2) is 0 Å². The zero-order valence-electron chi connectivity index (χ0n) is 8.12. The van der Waals surface area contributed by atoms with Crippen LogP contribution in [0, 0.1) is 23.7 Å². The second-order valence-electron chi connectivity index (χ2n) is 5.17. The fourth-order valence-electron chi connectivity index (χ4n) is 2.40. The minimum Gasteiger partial charge on any atom is -0.353 e. The quantitative estimate of drug-likeness (QED) is 0.700. The molecule has 0 bridgehead atoms. The molecule has 0 aromatic heterocycles. The molecule has 0 aromatic carbocycles. The lowest BCUT2D eigenvalue weighted by Crippen LogP contribution is -2.28. The molecule has 4 unspecified atom stereocenters. The standard InChI is InChI=1S/C11H17NO/c1-6-4-8(6)11(13)12-10-5-9(10)7-2-3-7/h6-10H,2-5H2,1H3,(H,12,13). The fourth-order valence-corrected chi connectivity index (χ4v) is 2.40. The largest absolute Gasteiger partial charge is 0.353 e. The maximum Gasteiger partial charge on any atom is 0.223 e. The van der Waals surface area contributed by atoms with Crippen LogP contribution in [0.4, 0.5) is 0 Å². The first-order chi connectivity index (χ1) is 6.25. The molecule has 3 aliphatic rings. The van der Waals surface area contributed by atoms with E-state index in [0.717, 1.165) is 18.3 Å². The van der Waals surface area contributed by atoms with Crippen LogP contribution >= 0.6 is 0 Å². The maximum absolute atomic E-state index is 11.5. The SMILES string of the molecule is CC1CC1C(=O)NC1CC1C1CC1. The highest BCUT2D eigenvalue weighted by Crippen LogP contribution is 2.50. The smallest absolute Gasteiger partial charge is 0.223 e. The molecule has 0 spiro atoms. The Balaban J connectivity index is 1.45. The summed E-state index contributed by atoms with van der Waals surface area (Å²) in [5, 5.41) is 3.18. The number of carbonyl (C=O) groups is 1. The van der Waals surface area contributed by atoms with Gasteiger partial charge in [-0.05, 0) is 43.4 Å². The number of nitrogens with one attached hydrogen (secondary N) is 1. The van der Waals surface area contributed by atoms with Crippen molar-refractivity contribution < 1.29 is 4.79 Å². The van der Waals surface area contributed by atoms with Gasteiger partial charge in [0.1, 0.15) is 0 Å². The Kier molecular flexibility index (Phi) is 1.50. The second kappa shape index (κ2) is 2.49. The maximum atomic E-state index is 11.5. The van der Waals surface area contributed by atoms with Crippen molar-refractivity contribution in [2.75, 3.05) is 0 Å². The second-order valence-corrected chi connectivity index (χ2v) is 5.17. The minimum absolute atomic E-state index is 0.334. The summed E-state index contributed by atoms with van der Waals surface area (Å²) in [6, 6.07) is 0.563. The molecule has 3 saturated carbocycles. The molecule has 13 heavy (non-hydrogen) atoms. The highest BCUT2D eigenvalue weighted by molar-refractivity contribution is 5.82. The van der Waals surface area contributed by atoms with Crippen LogP contribution in [0.2, 0.25) is 0 Å². The molecule has 4 atom stereocenters. The predicted octanol–water partition coefficient (Wildman–Crippen LogP) is 1.56. The summed E-state index contributed by atoms with van der Waals surface area (Å²) >= 11 is 0. The van der Waals surface area contributed by atoms with Crippen LogP contribution in [0.1, 0.15) is 32.6 Å². The minimum atomic E-state index is 0.334. The summed E-state index contributed by atoms with van der Waals surface area (Å²) in [7, 11) is 0. The van der Waals surface area contributed by atoms with Crippen LogP contribution in [-0.4, -0.2) is 11.9 Å². The first kappa shape index (κ1) is 7.84. The number of rotatable bonds is 3. The average Bonchev–Trinajstić information content (AvgIpc) is 2.89. The topological polar surface area (TPSA) is 29.1 Å². The monoisotopic (exact) mass is 179 g/mol. The van der Waals surface area contributed by atoms with E-state index >= 15 is 0 Å². The third-order valence-electron chi connectivity index (χ3n) is 3.84. The zero-order chi connectivity index (χ0) is 9.00. The molecule has 3 rings (SSSR count). The number of carbonyl (C=O) groups excluding carboxylic acids is 1. The molecule has 2 nitrogen and oxygen atoms in total. The van der Waals surface area contributed by atoms with Crippen LogP contribution in [0.15, 0.2) is 0 Å². The Morgan fingerprint density at radius 1 is 1.31 bits per heavy atom. The van der Waals surface area contributed by atoms with Gasteiger partial charge in [0.2, 0.25) is 5.91 Å². The third kappa shape index (κ3) is 1.47. The van der Waals surface area contributed by atoms with Gasteiger partial charge in [-0.2, -0.15) is 0 Å². The van der Waals surface area contributed by atoms with Gasteiger partial charge < -0.3 is 5.32 Å².